The van der Waals surface area contributed by atoms with Crippen molar-refractivity contribution in [1.82, 2.24) is 24.5 Å². The van der Waals surface area contributed by atoms with Crippen LogP contribution in [-0.2, 0) is 17.8 Å². The highest BCUT2D eigenvalue weighted by molar-refractivity contribution is 5.04. The van der Waals surface area contributed by atoms with E-state index in [1.54, 1.807) is 0 Å². The molecular formula is C15H23N5O. The zero-order valence-corrected chi connectivity index (χ0v) is 12.8. The van der Waals surface area contributed by atoms with Crippen LogP contribution in [0.2, 0.25) is 0 Å². The zero-order valence-electron chi connectivity index (χ0n) is 12.8. The van der Waals surface area contributed by atoms with Crippen molar-refractivity contribution in [2.24, 2.45) is 0 Å². The quantitative estimate of drug-likeness (QED) is 0.846. The van der Waals surface area contributed by atoms with Crippen LogP contribution in [0.5, 0.6) is 0 Å². The van der Waals surface area contributed by atoms with Gasteiger partial charge in [-0.25, -0.2) is 9.67 Å². The van der Waals surface area contributed by atoms with E-state index in [0.717, 1.165) is 50.8 Å². The Morgan fingerprint density at radius 3 is 2.86 bits per heavy atom. The predicted octanol–water partition coefficient (Wildman–Crippen LogP) is 2.19. The van der Waals surface area contributed by atoms with Gasteiger partial charge < -0.3 is 4.74 Å². The molecule has 21 heavy (non-hydrogen) atoms. The minimum Gasteiger partial charge on any atom is -0.381 e. The van der Waals surface area contributed by atoms with Crippen molar-refractivity contribution in [3.63, 3.8) is 0 Å². The molecule has 0 unspecified atom stereocenters. The molecule has 3 rings (SSSR count). The highest BCUT2D eigenvalue weighted by atomic mass is 16.5. The fraction of sp³-hybridized carbons (Fsp3) is 0.667. The smallest absolute Gasteiger partial charge is 0.154 e. The summed E-state index contributed by atoms with van der Waals surface area (Å²) in [5.41, 5.74) is 0. The minimum atomic E-state index is 0.297. The lowest BCUT2D eigenvalue weighted by molar-refractivity contribution is 0.0835. The summed E-state index contributed by atoms with van der Waals surface area (Å²) in [6, 6.07) is 1.95. The normalized spacial score (nSPS) is 18.0. The molecule has 1 aliphatic rings. The van der Waals surface area contributed by atoms with Crippen molar-refractivity contribution >= 4 is 0 Å². The van der Waals surface area contributed by atoms with Crippen molar-refractivity contribution < 1.29 is 4.74 Å². The fourth-order valence-corrected chi connectivity index (χ4v) is 2.87. The summed E-state index contributed by atoms with van der Waals surface area (Å²) in [7, 11) is 0. The van der Waals surface area contributed by atoms with E-state index in [4.69, 9.17) is 14.8 Å². The molecule has 1 saturated heterocycles. The monoisotopic (exact) mass is 289 g/mol. The predicted molar refractivity (Wildman–Crippen MR) is 79.1 cm³/mol. The Hall–Kier alpha value is -1.69. The summed E-state index contributed by atoms with van der Waals surface area (Å²) in [6.07, 6.45) is 5.86. The van der Waals surface area contributed by atoms with Crippen LogP contribution in [0, 0.1) is 0 Å². The van der Waals surface area contributed by atoms with Gasteiger partial charge in [0.15, 0.2) is 5.82 Å². The summed E-state index contributed by atoms with van der Waals surface area (Å²) in [5.74, 6) is 2.80. The molecule has 0 bridgehead atoms. The van der Waals surface area contributed by atoms with Gasteiger partial charge in [0.25, 0.3) is 0 Å². The lowest BCUT2D eigenvalue weighted by Gasteiger charge is -2.18. The second-order valence-corrected chi connectivity index (χ2v) is 5.66. The molecule has 2 aromatic rings. The molecule has 0 amide bonds. The molecule has 0 radical (unpaired) electrons. The van der Waals surface area contributed by atoms with Crippen molar-refractivity contribution in [2.75, 3.05) is 13.2 Å². The molecule has 2 aromatic heterocycles. The van der Waals surface area contributed by atoms with Crippen LogP contribution in [0.4, 0.5) is 0 Å². The Kier molecular flexibility index (Phi) is 4.34. The number of hydrogen-bond donors (Lipinski definition) is 0. The first-order chi connectivity index (χ1) is 10.3. The molecule has 3 heterocycles. The van der Waals surface area contributed by atoms with Crippen LogP contribution in [0.1, 0.15) is 50.2 Å². The molecule has 0 spiro atoms. The Bertz CT molecular complexity index is 557. The molecule has 0 saturated carbocycles. The van der Waals surface area contributed by atoms with E-state index in [1.807, 2.05) is 27.8 Å². The Morgan fingerprint density at radius 1 is 1.38 bits per heavy atom. The molecule has 114 valence electrons. The van der Waals surface area contributed by atoms with Gasteiger partial charge in [0.2, 0.25) is 0 Å². The van der Waals surface area contributed by atoms with Crippen LogP contribution in [0.3, 0.4) is 0 Å². The number of nitrogens with zero attached hydrogens (tertiary/aromatic N) is 5. The molecule has 6 nitrogen and oxygen atoms in total. The first-order valence-corrected chi connectivity index (χ1v) is 7.77. The van der Waals surface area contributed by atoms with Gasteiger partial charge >= 0.3 is 0 Å². The van der Waals surface area contributed by atoms with Crippen LogP contribution in [0.15, 0.2) is 18.5 Å². The molecular weight excluding hydrogens is 266 g/mol. The molecule has 6 heteroatoms. The van der Waals surface area contributed by atoms with Crippen molar-refractivity contribution in [3.05, 3.63) is 30.1 Å². The standard InChI is InChI=1S/C15H23N5O/c1-3-20-15(12(2)11-19-8-4-7-16-19)17-14(18-20)13-5-9-21-10-6-13/h4,7-8,12-13H,3,5-6,9-11H2,1-2H3/t12-/m0/s1. The highest BCUT2D eigenvalue weighted by Crippen LogP contribution is 2.26. The van der Waals surface area contributed by atoms with Crippen LogP contribution in [0.25, 0.3) is 0 Å². The summed E-state index contributed by atoms with van der Waals surface area (Å²) < 4.78 is 9.42. The lowest BCUT2D eigenvalue weighted by Crippen LogP contribution is -2.15. The van der Waals surface area contributed by atoms with E-state index < -0.39 is 0 Å². The maximum atomic E-state index is 5.43. The second kappa shape index (κ2) is 6.39. The average Bonchev–Trinajstić information content (AvgIpc) is 3.17. The highest BCUT2D eigenvalue weighted by Gasteiger charge is 2.23. The Labute approximate surface area is 125 Å². The van der Waals surface area contributed by atoms with E-state index in [-0.39, 0.29) is 0 Å². The summed E-state index contributed by atoms with van der Waals surface area (Å²) >= 11 is 0. The molecule has 0 N–H and O–H groups in total. The zero-order chi connectivity index (χ0) is 14.7. The summed E-state index contributed by atoms with van der Waals surface area (Å²) in [5, 5.41) is 9.00. The van der Waals surface area contributed by atoms with Gasteiger partial charge in [-0.2, -0.15) is 10.2 Å². The van der Waals surface area contributed by atoms with Crippen LogP contribution in [-0.4, -0.2) is 37.8 Å². The van der Waals surface area contributed by atoms with Crippen molar-refractivity contribution in [2.45, 2.75) is 51.6 Å². The summed E-state index contributed by atoms with van der Waals surface area (Å²) in [6.45, 7) is 7.64. The van der Waals surface area contributed by atoms with E-state index in [1.165, 1.54) is 0 Å². The van der Waals surface area contributed by atoms with Gasteiger partial charge in [0.05, 0.1) is 6.54 Å². The van der Waals surface area contributed by atoms with Gasteiger partial charge in [-0.15, -0.1) is 0 Å². The molecule has 0 aliphatic carbocycles. The number of rotatable bonds is 5. The van der Waals surface area contributed by atoms with Crippen molar-refractivity contribution in [1.29, 1.82) is 0 Å². The third kappa shape index (κ3) is 3.15. The van der Waals surface area contributed by atoms with Crippen LogP contribution >= 0.6 is 0 Å². The lowest BCUT2D eigenvalue weighted by atomic mass is 10.00. The molecule has 1 atom stereocenters. The van der Waals surface area contributed by atoms with Gasteiger partial charge in [0.1, 0.15) is 5.82 Å². The number of hydrogen-bond acceptors (Lipinski definition) is 4. The summed E-state index contributed by atoms with van der Waals surface area (Å²) in [4.78, 5) is 4.84. The first-order valence-electron chi connectivity index (χ1n) is 7.77. The van der Waals surface area contributed by atoms with E-state index in [0.29, 0.717) is 11.8 Å². The number of ether oxygens (including phenoxy) is 1. The number of aromatic nitrogens is 5. The minimum absolute atomic E-state index is 0.297. The van der Waals surface area contributed by atoms with Gasteiger partial charge in [-0.05, 0) is 25.8 Å². The van der Waals surface area contributed by atoms with E-state index in [2.05, 4.69) is 18.9 Å². The van der Waals surface area contributed by atoms with E-state index in [9.17, 15) is 0 Å². The van der Waals surface area contributed by atoms with Crippen LogP contribution < -0.4 is 0 Å². The second-order valence-electron chi connectivity index (χ2n) is 5.66. The van der Waals surface area contributed by atoms with Gasteiger partial charge in [0, 0.05) is 44.0 Å². The molecule has 0 aromatic carbocycles. The fourth-order valence-electron chi connectivity index (χ4n) is 2.87. The topological polar surface area (TPSA) is 57.8 Å². The molecule has 1 fully saturated rings. The van der Waals surface area contributed by atoms with Gasteiger partial charge in [-0.3, -0.25) is 4.68 Å². The van der Waals surface area contributed by atoms with Crippen molar-refractivity contribution in [3.8, 4) is 0 Å². The number of aryl methyl sites for hydroxylation is 1. The average molecular weight is 289 g/mol. The first kappa shape index (κ1) is 14.3. The Balaban J connectivity index is 1.78. The third-order valence-electron chi connectivity index (χ3n) is 4.06. The SMILES string of the molecule is CCn1nc(C2CCOCC2)nc1[C@@H](C)Cn1cccn1. The Morgan fingerprint density at radius 2 is 2.19 bits per heavy atom. The van der Waals surface area contributed by atoms with Gasteiger partial charge in [-0.1, -0.05) is 6.92 Å². The maximum absolute atomic E-state index is 5.43. The largest absolute Gasteiger partial charge is 0.381 e. The third-order valence-corrected chi connectivity index (χ3v) is 4.06. The maximum Gasteiger partial charge on any atom is 0.154 e. The molecule has 1 aliphatic heterocycles. The van der Waals surface area contributed by atoms with E-state index >= 15 is 0 Å².